The number of aliphatic hydroxyl groups is 1. The highest BCUT2D eigenvalue weighted by molar-refractivity contribution is 5.92. The summed E-state index contributed by atoms with van der Waals surface area (Å²) in [4.78, 5) is 12.2. The third-order valence-electron chi connectivity index (χ3n) is 3.70. The molecule has 2 N–H and O–H groups in total. The Hall–Kier alpha value is -2.92. The number of benzene rings is 2. The SMILES string of the molecule is O=C(NCc1ccccc1CO)c1ccc(-c2ccccc2F)o1. The van der Waals surface area contributed by atoms with Crippen molar-refractivity contribution >= 4 is 5.91 Å². The highest BCUT2D eigenvalue weighted by Crippen LogP contribution is 2.24. The summed E-state index contributed by atoms with van der Waals surface area (Å²) in [6.07, 6.45) is 0. The minimum Gasteiger partial charge on any atom is -0.451 e. The average Bonchev–Trinajstić information content (AvgIpc) is 3.10. The molecule has 0 saturated heterocycles. The molecular formula is C19H16FNO3. The standard InChI is InChI=1S/C19H16FNO3/c20-16-8-4-3-7-15(16)17-9-10-18(24-17)19(23)21-11-13-5-1-2-6-14(13)12-22/h1-10,22H,11-12H2,(H,21,23). The number of aliphatic hydroxyl groups excluding tert-OH is 1. The minimum absolute atomic E-state index is 0.0930. The van der Waals surface area contributed by atoms with Crippen LogP contribution in [0.4, 0.5) is 4.39 Å². The number of carbonyl (C=O) groups is 1. The molecule has 1 amide bonds. The molecule has 122 valence electrons. The van der Waals surface area contributed by atoms with Gasteiger partial charge in [-0.05, 0) is 35.4 Å². The van der Waals surface area contributed by atoms with E-state index in [0.717, 1.165) is 11.1 Å². The summed E-state index contributed by atoms with van der Waals surface area (Å²) >= 11 is 0. The minimum atomic E-state index is -0.407. The van der Waals surface area contributed by atoms with Gasteiger partial charge in [-0.1, -0.05) is 36.4 Å². The van der Waals surface area contributed by atoms with Gasteiger partial charge in [-0.15, -0.1) is 0 Å². The first-order valence-corrected chi connectivity index (χ1v) is 7.49. The highest BCUT2D eigenvalue weighted by atomic mass is 19.1. The van der Waals surface area contributed by atoms with Crippen LogP contribution in [-0.2, 0) is 13.2 Å². The smallest absolute Gasteiger partial charge is 0.287 e. The first kappa shape index (κ1) is 16.0. The zero-order valence-electron chi connectivity index (χ0n) is 12.8. The van der Waals surface area contributed by atoms with Crippen molar-refractivity contribution < 1.29 is 18.7 Å². The first-order valence-electron chi connectivity index (χ1n) is 7.49. The Morgan fingerprint density at radius 2 is 1.71 bits per heavy atom. The molecule has 0 bridgehead atoms. The van der Waals surface area contributed by atoms with E-state index in [0.29, 0.717) is 11.3 Å². The van der Waals surface area contributed by atoms with E-state index in [2.05, 4.69) is 5.32 Å². The Balaban J connectivity index is 1.71. The average molecular weight is 325 g/mol. The van der Waals surface area contributed by atoms with Crippen LogP contribution in [0.25, 0.3) is 11.3 Å². The van der Waals surface area contributed by atoms with E-state index in [4.69, 9.17) is 4.42 Å². The Bertz CT molecular complexity index is 857. The van der Waals surface area contributed by atoms with Gasteiger partial charge in [0.2, 0.25) is 0 Å². The van der Waals surface area contributed by atoms with E-state index in [1.807, 2.05) is 18.2 Å². The fourth-order valence-electron chi connectivity index (χ4n) is 2.41. The molecule has 0 fully saturated rings. The van der Waals surface area contributed by atoms with Gasteiger partial charge in [0, 0.05) is 6.54 Å². The van der Waals surface area contributed by atoms with Gasteiger partial charge in [0.25, 0.3) is 5.91 Å². The molecule has 0 radical (unpaired) electrons. The fourth-order valence-corrected chi connectivity index (χ4v) is 2.41. The number of hydrogen-bond donors (Lipinski definition) is 2. The number of halogens is 1. The third kappa shape index (κ3) is 3.36. The molecule has 4 nitrogen and oxygen atoms in total. The Kier molecular flexibility index (Phi) is 4.72. The van der Waals surface area contributed by atoms with Crippen molar-refractivity contribution in [2.75, 3.05) is 0 Å². The summed E-state index contributed by atoms with van der Waals surface area (Å²) in [5.41, 5.74) is 1.89. The lowest BCUT2D eigenvalue weighted by atomic mass is 10.1. The van der Waals surface area contributed by atoms with E-state index in [1.165, 1.54) is 12.1 Å². The van der Waals surface area contributed by atoms with Crippen LogP contribution < -0.4 is 5.32 Å². The predicted molar refractivity (Wildman–Crippen MR) is 87.6 cm³/mol. The van der Waals surface area contributed by atoms with E-state index in [1.54, 1.807) is 30.3 Å². The lowest BCUT2D eigenvalue weighted by Crippen LogP contribution is -2.22. The van der Waals surface area contributed by atoms with Crippen molar-refractivity contribution in [1.29, 1.82) is 0 Å². The quantitative estimate of drug-likeness (QED) is 0.754. The lowest BCUT2D eigenvalue weighted by molar-refractivity contribution is 0.0923. The van der Waals surface area contributed by atoms with Gasteiger partial charge in [-0.3, -0.25) is 4.79 Å². The molecule has 0 aliphatic rings. The molecule has 24 heavy (non-hydrogen) atoms. The maximum atomic E-state index is 13.8. The van der Waals surface area contributed by atoms with Crippen LogP contribution in [0.15, 0.2) is 65.1 Å². The predicted octanol–water partition coefficient (Wildman–Crippen LogP) is 3.51. The monoisotopic (exact) mass is 325 g/mol. The number of rotatable bonds is 5. The van der Waals surface area contributed by atoms with Crippen LogP contribution in [0.5, 0.6) is 0 Å². The Morgan fingerprint density at radius 3 is 2.46 bits per heavy atom. The summed E-state index contributed by atoms with van der Waals surface area (Å²) in [6.45, 7) is 0.176. The van der Waals surface area contributed by atoms with Crippen LogP contribution >= 0.6 is 0 Å². The van der Waals surface area contributed by atoms with Crippen molar-refractivity contribution in [3.05, 3.63) is 83.4 Å². The Labute approximate surface area is 138 Å². The van der Waals surface area contributed by atoms with Gasteiger partial charge < -0.3 is 14.8 Å². The van der Waals surface area contributed by atoms with Crippen LogP contribution in [0.3, 0.4) is 0 Å². The topological polar surface area (TPSA) is 62.5 Å². The van der Waals surface area contributed by atoms with Crippen LogP contribution in [0.2, 0.25) is 0 Å². The molecule has 3 aromatic rings. The fraction of sp³-hybridized carbons (Fsp3) is 0.105. The highest BCUT2D eigenvalue weighted by Gasteiger charge is 2.14. The second-order valence-electron chi connectivity index (χ2n) is 5.25. The van der Waals surface area contributed by atoms with Gasteiger partial charge in [-0.25, -0.2) is 4.39 Å². The molecule has 2 aromatic carbocycles. The molecule has 0 spiro atoms. The molecule has 0 unspecified atom stereocenters. The molecule has 0 aliphatic heterocycles. The molecule has 0 saturated carbocycles. The number of furan rings is 1. The summed E-state index contributed by atoms with van der Waals surface area (Å²) in [6, 6.07) is 16.6. The molecule has 1 aromatic heterocycles. The van der Waals surface area contributed by atoms with E-state index < -0.39 is 11.7 Å². The molecule has 1 heterocycles. The maximum Gasteiger partial charge on any atom is 0.287 e. The second kappa shape index (κ2) is 7.10. The molecule has 0 aliphatic carbocycles. The van der Waals surface area contributed by atoms with Crippen molar-refractivity contribution in [2.24, 2.45) is 0 Å². The van der Waals surface area contributed by atoms with Crippen molar-refractivity contribution in [2.45, 2.75) is 13.2 Å². The number of amides is 1. The van der Waals surface area contributed by atoms with Crippen molar-refractivity contribution in [1.82, 2.24) is 5.32 Å². The summed E-state index contributed by atoms with van der Waals surface area (Å²) < 4.78 is 19.2. The van der Waals surface area contributed by atoms with Crippen LogP contribution in [0.1, 0.15) is 21.7 Å². The molecule has 3 rings (SSSR count). The van der Waals surface area contributed by atoms with E-state index >= 15 is 0 Å². The second-order valence-corrected chi connectivity index (χ2v) is 5.25. The normalized spacial score (nSPS) is 10.6. The molecular weight excluding hydrogens is 309 g/mol. The van der Waals surface area contributed by atoms with Gasteiger partial charge in [0.1, 0.15) is 11.6 Å². The van der Waals surface area contributed by atoms with Crippen molar-refractivity contribution in [3.63, 3.8) is 0 Å². The van der Waals surface area contributed by atoms with E-state index in [-0.39, 0.29) is 18.9 Å². The third-order valence-corrected chi connectivity index (χ3v) is 3.70. The number of hydrogen-bond acceptors (Lipinski definition) is 3. The largest absolute Gasteiger partial charge is 0.451 e. The molecule has 5 heteroatoms. The summed E-state index contributed by atoms with van der Waals surface area (Å²) in [5.74, 6) is -0.398. The van der Waals surface area contributed by atoms with Crippen LogP contribution in [-0.4, -0.2) is 11.0 Å². The molecule has 0 atom stereocenters. The van der Waals surface area contributed by atoms with Crippen LogP contribution in [0, 0.1) is 5.82 Å². The van der Waals surface area contributed by atoms with Crippen molar-refractivity contribution in [3.8, 4) is 11.3 Å². The van der Waals surface area contributed by atoms with E-state index in [9.17, 15) is 14.3 Å². The summed E-state index contributed by atoms with van der Waals surface area (Å²) in [5, 5.41) is 12.0. The number of nitrogens with one attached hydrogen (secondary N) is 1. The van der Waals surface area contributed by atoms with Gasteiger partial charge >= 0.3 is 0 Å². The first-order chi connectivity index (χ1) is 11.7. The maximum absolute atomic E-state index is 13.8. The number of carbonyl (C=O) groups excluding carboxylic acids is 1. The van der Waals surface area contributed by atoms with Gasteiger partial charge in [-0.2, -0.15) is 0 Å². The van der Waals surface area contributed by atoms with Gasteiger partial charge in [0.15, 0.2) is 5.76 Å². The van der Waals surface area contributed by atoms with Gasteiger partial charge in [0.05, 0.1) is 12.2 Å². The zero-order valence-corrected chi connectivity index (χ0v) is 12.8. The Morgan fingerprint density at radius 1 is 1.00 bits per heavy atom. The lowest BCUT2D eigenvalue weighted by Gasteiger charge is -2.07. The summed E-state index contributed by atoms with van der Waals surface area (Å²) in [7, 11) is 0. The zero-order chi connectivity index (χ0) is 16.9.